The molecule has 1 aliphatic rings. The van der Waals surface area contributed by atoms with Gasteiger partial charge in [0.2, 0.25) is 0 Å². The number of aromatic amines is 1. The Kier molecular flexibility index (Phi) is 3.73. The van der Waals surface area contributed by atoms with E-state index in [1.54, 1.807) is 16.9 Å². The summed E-state index contributed by atoms with van der Waals surface area (Å²) in [5.41, 5.74) is 0.473. The summed E-state index contributed by atoms with van der Waals surface area (Å²) in [5, 5.41) is 12.1. The average molecular weight is 364 g/mol. The van der Waals surface area contributed by atoms with Gasteiger partial charge in [0.15, 0.2) is 5.82 Å². The standard InChI is InChI=1S/C18H20N8O/c1-2-14-20-18(23-22-14)25-9-8-13-12(16(25)27)10-19-17-21-15(24-26(13)17)11-6-4-3-5-7-11/h8-11H,2-7H2,1H3,(H,20,22,23). The summed E-state index contributed by atoms with van der Waals surface area (Å²) < 4.78 is 3.10. The van der Waals surface area contributed by atoms with Crippen LogP contribution in [-0.4, -0.2) is 39.3 Å². The van der Waals surface area contributed by atoms with Gasteiger partial charge in [-0.2, -0.15) is 14.5 Å². The van der Waals surface area contributed by atoms with Gasteiger partial charge in [-0.3, -0.25) is 9.89 Å². The minimum atomic E-state index is -0.224. The second kappa shape index (κ2) is 6.26. The molecule has 138 valence electrons. The van der Waals surface area contributed by atoms with Crippen LogP contribution in [0.5, 0.6) is 0 Å². The normalized spacial score (nSPS) is 15.7. The summed E-state index contributed by atoms with van der Waals surface area (Å²) in [6.45, 7) is 1.97. The van der Waals surface area contributed by atoms with Crippen LogP contribution in [0.3, 0.4) is 0 Å². The number of hydrogen-bond acceptors (Lipinski definition) is 6. The molecule has 4 aromatic heterocycles. The number of nitrogens with zero attached hydrogens (tertiary/aromatic N) is 7. The minimum Gasteiger partial charge on any atom is -0.268 e. The van der Waals surface area contributed by atoms with Crippen LogP contribution in [0, 0.1) is 0 Å². The van der Waals surface area contributed by atoms with Crippen LogP contribution < -0.4 is 5.56 Å². The largest absolute Gasteiger partial charge is 0.268 e. The number of pyridine rings is 1. The van der Waals surface area contributed by atoms with Crippen molar-refractivity contribution >= 4 is 16.7 Å². The quantitative estimate of drug-likeness (QED) is 0.597. The van der Waals surface area contributed by atoms with Crippen molar-refractivity contribution < 1.29 is 0 Å². The summed E-state index contributed by atoms with van der Waals surface area (Å²) in [4.78, 5) is 26.3. The molecule has 1 aliphatic carbocycles. The Balaban J connectivity index is 1.64. The topological polar surface area (TPSA) is 107 Å². The lowest BCUT2D eigenvalue weighted by Crippen LogP contribution is -2.20. The molecule has 0 saturated heterocycles. The van der Waals surface area contributed by atoms with Crippen molar-refractivity contribution in [3.05, 3.63) is 40.5 Å². The first-order valence-corrected chi connectivity index (χ1v) is 9.43. The van der Waals surface area contributed by atoms with Crippen molar-refractivity contribution in [2.75, 3.05) is 0 Å². The second-order valence-electron chi connectivity index (χ2n) is 7.00. The number of nitrogens with one attached hydrogen (secondary N) is 1. The van der Waals surface area contributed by atoms with E-state index in [-0.39, 0.29) is 5.56 Å². The summed E-state index contributed by atoms with van der Waals surface area (Å²) >= 11 is 0. The second-order valence-corrected chi connectivity index (χ2v) is 7.00. The van der Waals surface area contributed by atoms with Gasteiger partial charge in [0.1, 0.15) is 5.82 Å². The monoisotopic (exact) mass is 364 g/mol. The molecule has 1 N–H and O–H groups in total. The Labute approximate surface area is 154 Å². The molecule has 0 unspecified atom stereocenters. The van der Waals surface area contributed by atoms with Crippen molar-refractivity contribution in [1.82, 2.24) is 39.3 Å². The van der Waals surface area contributed by atoms with E-state index in [2.05, 4.69) is 30.2 Å². The molecule has 4 heterocycles. The zero-order valence-electron chi connectivity index (χ0n) is 15.1. The predicted molar refractivity (Wildman–Crippen MR) is 99.0 cm³/mol. The van der Waals surface area contributed by atoms with Gasteiger partial charge in [-0.1, -0.05) is 26.2 Å². The highest BCUT2D eigenvalue weighted by Gasteiger charge is 2.21. The Morgan fingerprint density at radius 2 is 2.07 bits per heavy atom. The summed E-state index contributed by atoms with van der Waals surface area (Å²) in [6.07, 6.45) is 9.92. The Hall–Kier alpha value is -3.10. The molecule has 0 spiro atoms. The van der Waals surface area contributed by atoms with Crippen molar-refractivity contribution in [1.29, 1.82) is 0 Å². The van der Waals surface area contributed by atoms with E-state index in [4.69, 9.17) is 0 Å². The molecule has 1 saturated carbocycles. The molecule has 0 amide bonds. The van der Waals surface area contributed by atoms with E-state index in [0.29, 0.717) is 28.5 Å². The third kappa shape index (κ3) is 2.61. The highest BCUT2D eigenvalue weighted by Crippen LogP contribution is 2.31. The van der Waals surface area contributed by atoms with Crippen LogP contribution in [0.1, 0.15) is 56.6 Å². The zero-order chi connectivity index (χ0) is 18.4. The van der Waals surface area contributed by atoms with Gasteiger partial charge in [0, 0.05) is 24.7 Å². The molecule has 0 aromatic carbocycles. The lowest BCUT2D eigenvalue weighted by molar-refractivity contribution is 0.429. The van der Waals surface area contributed by atoms with Gasteiger partial charge < -0.3 is 0 Å². The molecule has 4 aromatic rings. The third-order valence-electron chi connectivity index (χ3n) is 5.29. The molecule has 0 aliphatic heterocycles. The van der Waals surface area contributed by atoms with Gasteiger partial charge in [0.05, 0.1) is 10.9 Å². The van der Waals surface area contributed by atoms with Gasteiger partial charge in [-0.05, 0) is 18.9 Å². The molecule has 0 atom stereocenters. The number of H-pyrrole nitrogens is 1. The molecule has 0 bridgehead atoms. The SMILES string of the molecule is CCc1nc(-n2ccc3c(cnc4nc(C5CCCCC5)nn43)c2=O)n[nH]1. The maximum Gasteiger partial charge on any atom is 0.268 e. The maximum atomic E-state index is 12.9. The maximum absolute atomic E-state index is 12.9. The van der Waals surface area contributed by atoms with Crippen LogP contribution in [-0.2, 0) is 6.42 Å². The first kappa shape index (κ1) is 16.1. The fourth-order valence-corrected chi connectivity index (χ4v) is 3.78. The number of rotatable bonds is 3. The van der Waals surface area contributed by atoms with Crippen LogP contribution >= 0.6 is 0 Å². The third-order valence-corrected chi connectivity index (χ3v) is 5.29. The van der Waals surface area contributed by atoms with E-state index in [9.17, 15) is 4.79 Å². The van der Waals surface area contributed by atoms with Crippen molar-refractivity contribution in [2.45, 2.75) is 51.4 Å². The first-order valence-electron chi connectivity index (χ1n) is 9.43. The predicted octanol–water partition coefficient (Wildman–Crippen LogP) is 2.16. The highest BCUT2D eigenvalue weighted by molar-refractivity contribution is 5.78. The van der Waals surface area contributed by atoms with E-state index in [1.807, 2.05) is 13.0 Å². The Morgan fingerprint density at radius 1 is 1.22 bits per heavy atom. The summed E-state index contributed by atoms with van der Waals surface area (Å²) in [7, 11) is 0. The molecule has 27 heavy (non-hydrogen) atoms. The van der Waals surface area contributed by atoms with E-state index < -0.39 is 0 Å². The fourth-order valence-electron chi connectivity index (χ4n) is 3.78. The molecule has 9 heteroatoms. The van der Waals surface area contributed by atoms with E-state index in [1.165, 1.54) is 23.8 Å². The minimum absolute atomic E-state index is 0.224. The highest BCUT2D eigenvalue weighted by atomic mass is 16.1. The van der Waals surface area contributed by atoms with Crippen LogP contribution in [0.4, 0.5) is 0 Å². The van der Waals surface area contributed by atoms with Crippen molar-refractivity contribution in [3.63, 3.8) is 0 Å². The van der Waals surface area contributed by atoms with Gasteiger partial charge >= 0.3 is 0 Å². The number of aryl methyl sites for hydroxylation is 1. The molecule has 5 rings (SSSR count). The van der Waals surface area contributed by atoms with Crippen molar-refractivity contribution in [3.8, 4) is 5.95 Å². The zero-order valence-corrected chi connectivity index (χ0v) is 15.1. The molecular formula is C18H20N8O. The van der Waals surface area contributed by atoms with Gasteiger partial charge in [-0.25, -0.2) is 9.55 Å². The fraction of sp³-hybridized carbons (Fsp3) is 0.444. The van der Waals surface area contributed by atoms with Crippen molar-refractivity contribution in [2.24, 2.45) is 0 Å². The number of hydrogen-bond donors (Lipinski definition) is 1. The van der Waals surface area contributed by atoms with Gasteiger partial charge in [-0.15, -0.1) is 10.2 Å². The first-order chi connectivity index (χ1) is 13.2. The number of aromatic nitrogens is 8. The number of fused-ring (bicyclic) bond motifs is 3. The van der Waals surface area contributed by atoms with Crippen LogP contribution in [0.2, 0.25) is 0 Å². The van der Waals surface area contributed by atoms with E-state index in [0.717, 1.165) is 30.9 Å². The molecule has 9 nitrogen and oxygen atoms in total. The smallest absolute Gasteiger partial charge is 0.268 e. The Morgan fingerprint density at radius 3 is 2.85 bits per heavy atom. The van der Waals surface area contributed by atoms with Crippen LogP contribution in [0.15, 0.2) is 23.3 Å². The van der Waals surface area contributed by atoms with Gasteiger partial charge in [0.25, 0.3) is 17.3 Å². The van der Waals surface area contributed by atoms with Crippen LogP contribution in [0.25, 0.3) is 22.6 Å². The summed E-state index contributed by atoms with van der Waals surface area (Å²) in [5.74, 6) is 2.82. The molecule has 1 fully saturated rings. The summed E-state index contributed by atoms with van der Waals surface area (Å²) in [6, 6.07) is 1.84. The lowest BCUT2D eigenvalue weighted by Gasteiger charge is -2.17. The molecular weight excluding hydrogens is 344 g/mol. The molecule has 0 radical (unpaired) electrons. The van der Waals surface area contributed by atoms with E-state index >= 15 is 0 Å². The lowest BCUT2D eigenvalue weighted by atomic mass is 9.89. The average Bonchev–Trinajstić information content (AvgIpc) is 3.36. The Bertz CT molecular complexity index is 1180.